The Labute approximate surface area is 158 Å². The van der Waals surface area contributed by atoms with Crippen LogP contribution in [-0.4, -0.2) is 101 Å². The van der Waals surface area contributed by atoms with Crippen LogP contribution >= 0.6 is 0 Å². The van der Waals surface area contributed by atoms with Crippen LogP contribution in [0.25, 0.3) is 0 Å². The predicted molar refractivity (Wildman–Crippen MR) is 103 cm³/mol. The summed E-state index contributed by atoms with van der Waals surface area (Å²) in [5, 5.41) is 5.85. The lowest BCUT2D eigenvalue weighted by Gasteiger charge is -2.34. The highest BCUT2D eigenvalue weighted by molar-refractivity contribution is 5.78. The van der Waals surface area contributed by atoms with Crippen molar-refractivity contribution in [3.63, 3.8) is 0 Å². The molecule has 2 amide bonds. The number of carbonyl (C=O) groups is 2. The van der Waals surface area contributed by atoms with E-state index in [9.17, 15) is 9.59 Å². The molecule has 0 spiro atoms. The quantitative estimate of drug-likeness (QED) is 0.466. The molecule has 2 N–H and O–H groups in total. The molecule has 0 aromatic rings. The maximum absolute atomic E-state index is 11.9. The summed E-state index contributed by atoms with van der Waals surface area (Å²) in [5.74, 6) is 0.185. The fourth-order valence-electron chi connectivity index (χ4n) is 2.40. The Kier molecular flexibility index (Phi) is 16.4. The van der Waals surface area contributed by atoms with E-state index in [1.165, 1.54) is 0 Å². The van der Waals surface area contributed by atoms with Gasteiger partial charge in [0.05, 0.1) is 33.0 Å². The van der Waals surface area contributed by atoms with Crippen LogP contribution in [0.4, 0.5) is 0 Å². The summed E-state index contributed by atoms with van der Waals surface area (Å²) in [4.78, 5) is 27.4. The average Bonchev–Trinajstić information content (AvgIpc) is 2.68. The number of ether oxygens (including phenoxy) is 2. The number of nitrogens with zero attached hydrogens (tertiary/aromatic N) is 2. The van der Waals surface area contributed by atoms with Crippen molar-refractivity contribution in [2.24, 2.45) is 0 Å². The van der Waals surface area contributed by atoms with Crippen molar-refractivity contribution in [3.8, 4) is 0 Å². The summed E-state index contributed by atoms with van der Waals surface area (Å²) in [6, 6.07) is 0. The van der Waals surface area contributed by atoms with Crippen LogP contribution in [0.5, 0.6) is 0 Å². The second-order valence-electron chi connectivity index (χ2n) is 5.69. The molecule has 26 heavy (non-hydrogen) atoms. The Balaban J connectivity index is 0.00000301. The molecule has 1 rings (SSSR count). The van der Waals surface area contributed by atoms with E-state index in [1.807, 2.05) is 32.7 Å². The molecule has 1 aliphatic heterocycles. The fraction of sp³-hybridized carbons (Fsp3) is 0.889. The van der Waals surface area contributed by atoms with Gasteiger partial charge in [0.15, 0.2) is 0 Å². The highest BCUT2D eigenvalue weighted by Crippen LogP contribution is 2.03. The average molecular weight is 375 g/mol. The van der Waals surface area contributed by atoms with Crippen LogP contribution in [-0.2, 0) is 19.1 Å². The van der Waals surface area contributed by atoms with Gasteiger partial charge >= 0.3 is 0 Å². The van der Waals surface area contributed by atoms with Crippen molar-refractivity contribution < 1.29 is 19.1 Å². The number of piperazine rings is 1. The second kappa shape index (κ2) is 17.2. The SMILES string of the molecule is CC.CCC(=O)N1CCN(CC(=O)NCCOCCOCCNC)CC1. The lowest BCUT2D eigenvalue weighted by Crippen LogP contribution is -2.51. The van der Waals surface area contributed by atoms with E-state index in [4.69, 9.17) is 9.47 Å². The van der Waals surface area contributed by atoms with Crippen LogP contribution < -0.4 is 10.6 Å². The smallest absolute Gasteiger partial charge is 0.234 e. The predicted octanol–water partition coefficient (Wildman–Crippen LogP) is -0.0644. The van der Waals surface area contributed by atoms with E-state index in [0.717, 1.165) is 19.6 Å². The van der Waals surface area contributed by atoms with Crippen molar-refractivity contribution in [1.29, 1.82) is 0 Å². The molecule has 0 atom stereocenters. The molecule has 0 aliphatic carbocycles. The van der Waals surface area contributed by atoms with Crippen molar-refractivity contribution in [2.75, 3.05) is 79.3 Å². The molecular weight excluding hydrogens is 336 g/mol. The molecule has 154 valence electrons. The number of nitrogens with one attached hydrogen (secondary N) is 2. The van der Waals surface area contributed by atoms with Crippen molar-refractivity contribution in [2.45, 2.75) is 27.2 Å². The van der Waals surface area contributed by atoms with Crippen LogP contribution in [0.15, 0.2) is 0 Å². The maximum atomic E-state index is 11.9. The minimum atomic E-state index is -0.000798. The van der Waals surface area contributed by atoms with Gasteiger partial charge in [-0.1, -0.05) is 20.8 Å². The Morgan fingerprint density at radius 1 is 0.923 bits per heavy atom. The molecule has 0 radical (unpaired) electrons. The van der Waals surface area contributed by atoms with Gasteiger partial charge in [0.1, 0.15) is 0 Å². The Bertz CT molecular complexity index is 361. The van der Waals surface area contributed by atoms with E-state index >= 15 is 0 Å². The number of hydrogen-bond acceptors (Lipinski definition) is 6. The van der Waals surface area contributed by atoms with Gasteiger partial charge in [-0.15, -0.1) is 0 Å². The number of hydrogen-bond donors (Lipinski definition) is 2. The van der Waals surface area contributed by atoms with Gasteiger partial charge in [-0.3, -0.25) is 14.5 Å². The summed E-state index contributed by atoms with van der Waals surface area (Å²) in [6.07, 6.45) is 0.543. The first-order chi connectivity index (χ1) is 12.7. The van der Waals surface area contributed by atoms with Crippen LogP contribution in [0.3, 0.4) is 0 Å². The Morgan fingerprint density at radius 2 is 1.50 bits per heavy atom. The van der Waals surface area contributed by atoms with Gasteiger partial charge in [-0.05, 0) is 7.05 Å². The third-order valence-corrected chi connectivity index (χ3v) is 3.83. The Morgan fingerprint density at radius 3 is 2.04 bits per heavy atom. The second-order valence-corrected chi connectivity index (χ2v) is 5.69. The molecule has 0 aromatic heterocycles. The standard InChI is InChI=1S/C16H32N4O4.C2H6/c1-3-16(22)20-8-6-19(7-9-20)14-15(21)18-5-11-24-13-12-23-10-4-17-2;1-2/h17H,3-14H2,1-2H3,(H,18,21);1-2H3. The van der Waals surface area contributed by atoms with E-state index < -0.39 is 0 Å². The van der Waals surface area contributed by atoms with E-state index in [-0.39, 0.29) is 11.8 Å². The Hall–Kier alpha value is -1.22. The van der Waals surface area contributed by atoms with Gasteiger partial charge < -0.3 is 25.0 Å². The highest BCUT2D eigenvalue weighted by Gasteiger charge is 2.21. The third-order valence-electron chi connectivity index (χ3n) is 3.83. The van der Waals surface area contributed by atoms with Gasteiger partial charge in [0.2, 0.25) is 11.8 Å². The number of amides is 2. The highest BCUT2D eigenvalue weighted by atomic mass is 16.5. The fourth-order valence-corrected chi connectivity index (χ4v) is 2.40. The molecule has 0 saturated carbocycles. The molecule has 1 fully saturated rings. The number of likely N-dealkylation sites (N-methyl/N-ethyl adjacent to an activating group) is 1. The zero-order chi connectivity index (χ0) is 19.6. The third kappa shape index (κ3) is 12.2. The van der Waals surface area contributed by atoms with Crippen molar-refractivity contribution >= 4 is 11.8 Å². The van der Waals surface area contributed by atoms with Gasteiger partial charge in [0, 0.05) is 45.7 Å². The summed E-state index contributed by atoms with van der Waals surface area (Å²) in [5.41, 5.74) is 0. The molecule has 1 saturated heterocycles. The molecule has 0 unspecified atom stereocenters. The van der Waals surface area contributed by atoms with Gasteiger partial charge in [-0.25, -0.2) is 0 Å². The van der Waals surface area contributed by atoms with Crippen molar-refractivity contribution in [1.82, 2.24) is 20.4 Å². The minimum Gasteiger partial charge on any atom is -0.378 e. The molecule has 1 heterocycles. The van der Waals surface area contributed by atoms with Crippen LogP contribution in [0.2, 0.25) is 0 Å². The zero-order valence-electron chi connectivity index (χ0n) is 17.0. The van der Waals surface area contributed by atoms with E-state index in [1.54, 1.807) is 0 Å². The summed E-state index contributed by atoms with van der Waals surface area (Å²) < 4.78 is 10.7. The first kappa shape index (κ1) is 24.8. The largest absolute Gasteiger partial charge is 0.378 e. The lowest BCUT2D eigenvalue weighted by molar-refractivity contribution is -0.132. The van der Waals surface area contributed by atoms with Crippen LogP contribution in [0.1, 0.15) is 27.2 Å². The first-order valence-electron chi connectivity index (χ1n) is 9.74. The topological polar surface area (TPSA) is 83.1 Å². The zero-order valence-corrected chi connectivity index (χ0v) is 17.0. The van der Waals surface area contributed by atoms with Crippen molar-refractivity contribution in [3.05, 3.63) is 0 Å². The number of carbonyl (C=O) groups excluding carboxylic acids is 2. The maximum Gasteiger partial charge on any atom is 0.234 e. The molecule has 8 heteroatoms. The summed E-state index contributed by atoms with van der Waals surface area (Å²) >= 11 is 0. The first-order valence-corrected chi connectivity index (χ1v) is 9.74. The summed E-state index contributed by atoms with van der Waals surface area (Å²) in [7, 11) is 1.88. The van der Waals surface area contributed by atoms with E-state index in [2.05, 4.69) is 15.5 Å². The monoisotopic (exact) mass is 374 g/mol. The molecule has 1 aliphatic rings. The van der Waals surface area contributed by atoms with E-state index in [0.29, 0.717) is 59.0 Å². The molecule has 8 nitrogen and oxygen atoms in total. The number of rotatable bonds is 12. The normalized spacial score (nSPS) is 14.5. The molecule has 0 aromatic carbocycles. The summed E-state index contributed by atoms with van der Waals surface area (Å²) in [6.45, 7) is 12.8. The molecular formula is C18H38N4O4. The minimum absolute atomic E-state index is 0.000798. The van der Waals surface area contributed by atoms with Gasteiger partial charge in [0.25, 0.3) is 0 Å². The molecule has 0 bridgehead atoms. The van der Waals surface area contributed by atoms with Crippen LogP contribution in [0, 0.1) is 0 Å². The van der Waals surface area contributed by atoms with Gasteiger partial charge in [-0.2, -0.15) is 0 Å². The lowest BCUT2D eigenvalue weighted by atomic mass is 10.3.